The van der Waals surface area contributed by atoms with Crippen molar-refractivity contribution in [2.24, 2.45) is 0 Å². The van der Waals surface area contributed by atoms with Gasteiger partial charge in [0, 0.05) is 23.2 Å². The van der Waals surface area contributed by atoms with Gasteiger partial charge in [0.1, 0.15) is 0 Å². The van der Waals surface area contributed by atoms with Crippen LogP contribution < -0.4 is 10.9 Å². The number of amides is 1. The molecule has 0 unspecified atom stereocenters. The van der Waals surface area contributed by atoms with Gasteiger partial charge in [-0.3, -0.25) is 14.4 Å². The fraction of sp³-hybridized carbons (Fsp3) is 0.273. The summed E-state index contributed by atoms with van der Waals surface area (Å²) in [5, 5.41) is 8.12. The van der Waals surface area contributed by atoms with Gasteiger partial charge in [-0.15, -0.1) is 0 Å². The Balaban J connectivity index is 2.00. The van der Waals surface area contributed by atoms with Crippen LogP contribution in [0.5, 0.6) is 0 Å². The maximum absolute atomic E-state index is 12.9. The number of benzene rings is 2. The van der Waals surface area contributed by atoms with E-state index in [-0.39, 0.29) is 17.0 Å². The summed E-state index contributed by atoms with van der Waals surface area (Å²) in [6, 6.07) is 13.7. The number of ketones is 1. The van der Waals surface area contributed by atoms with Crippen LogP contribution in [-0.4, -0.2) is 21.5 Å². The molecule has 28 heavy (non-hydrogen) atoms. The Hall–Kier alpha value is -3.28. The Kier molecular flexibility index (Phi) is 5.99. The predicted octanol–water partition coefficient (Wildman–Crippen LogP) is 4.04. The molecule has 0 bridgehead atoms. The van der Waals surface area contributed by atoms with Gasteiger partial charge in [-0.05, 0) is 31.5 Å². The van der Waals surface area contributed by atoms with Crippen molar-refractivity contribution in [3.63, 3.8) is 0 Å². The second-order valence-electron chi connectivity index (χ2n) is 6.72. The van der Waals surface area contributed by atoms with Crippen LogP contribution in [0, 0.1) is 0 Å². The van der Waals surface area contributed by atoms with Crippen molar-refractivity contribution in [3.8, 4) is 0 Å². The van der Waals surface area contributed by atoms with E-state index in [1.165, 1.54) is 11.6 Å². The van der Waals surface area contributed by atoms with Crippen LogP contribution in [0.4, 0.5) is 5.69 Å². The number of carbonyl (C=O) groups is 2. The molecule has 1 amide bonds. The number of hydrogen-bond donors (Lipinski definition) is 1. The Morgan fingerprint density at radius 1 is 1.04 bits per heavy atom. The highest BCUT2D eigenvalue weighted by Crippen LogP contribution is 2.17. The van der Waals surface area contributed by atoms with Crippen molar-refractivity contribution in [3.05, 3.63) is 70.1 Å². The number of Topliss-reactive ketones (excluding diaryl/α,β-unsaturated/α-hetero) is 1. The molecular formula is C22H23N3O3. The molecule has 3 rings (SSSR count). The van der Waals surface area contributed by atoms with Crippen LogP contribution in [0.1, 0.15) is 54.0 Å². The van der Waals surface area contributed by atoms with E-state index >= 15 is 0 Å². The van der Waals surface area contributed by atoms with Gasteiger partial charge < -0.3 is 5.32 Å². The average molecular weight is 377 g/mol. The molecule has 2 aromatic carbocycles. The summed E-state index contributed by atoms with van der Waals surface area (Å²) in [6.07, 6.45) is 2.84. The Labute approximate surface area is 163 Å². The molecule has 0 radical (unpaired) electrons. The molecule has 0 saturated carbocycles. The summed E-state index contributed by atoms with van der Waals surface area (Å²) in [7, 11) is 0. The standard InChI is InChI=1S/C22H23N3O3/c1-3-4-7-13-25-22(28)19-12-6-5-11-18(19)20(24-25)21(27)23-17-10-8-9-16(14-17)15(2)26/h5-6,8-12,14H,3-4,7,13H2,1-2H3,(H,23,27). The normalized spacial score (nSPS) is 10.8. The first-order valence-corrected chi connectivity index (χ1v) is 9.43. The van der Waals surface area contributed by atoms with Gasteiger partial charge in [-0.2, -0.15) is 5.10 Å². The van der Waals surface area contributed by atoms with Gasteiger partial charge in [0.05, 0.1) is 5.39 Å². The molecule has 1 heterocycles. The smallest absolute Gasteiger partial charge is 0.276 e. The molecule has 0 aliphatic heterocycles. The Morgan fingerprint density at radius 2 is 1.79 bits per heavy atom. The maximum Gasteiger partial charge on any atom is 0.276 e. The monoisotopic (exact) mass is 377 g/mol. The zero-order chi connectivity index (χ0) is 20.1. The van der Waals surface area contributed by atoms with Crippen LogP contribution in [0.25, 0.3) is 10.8 Å². The highest BCUT2D eigenvalue weighted by atomic mass is 16.2. The predicted molar refractivity (Wildman–Crippen MR) is 110 cm³/mol. The van der Waals surface area contributed by atoms with Gasteiger partial charge in [0.15, 0.2) is 11.5 Å². The molecule has 1 aromatic heterocycles. The minimum Gasteiger partial charge on any atom is -0.321 e. The molecule has 6 nitrogen and oxygen atoms in total. The van der Waals surface area contributed by atoms with Crippen molar-refractivity contribution >= 4 is 28.2 Å². The second-order valence-corrected chi connectivity index (χ2v) is 6.72. The molecule has 0 saturated heterocycles. The first kappa shape index (κ1) is 19.5. The summed E-state index contributed by atoms with van der Waals surface area (Å²) < 4.78 is 1.37. The zero-order valence-electron chi connectivity index (χ0n) is 16.1. The summed E-state index contributed by atoms with van der Waals surface area (Å²) >= 11 is 0. The third-order valence-electron chi connectivity index (χ3n) is 4.58. The third-order valence-corrected chi connectivity index (χ3v) is 4.58. The van der Waals surface area contributed by atoms with Crippen molar-refractivity contribution in [2.45, 2.75) is 39.7 Å². The van der Waals surface area contributed by atoms with Crippen LogP contribution in [-0.2, 0) is 6.54 Å². The number of rotatable bonds is 7. The number of hydrogen-bond acceptors (Lipinski definition) is 4. The number of aryl methyl sites for hydroxylation is 1. The molecule has 0 aliphatic carbocycles. The minimum atomic E-state index is -0.416. The molecule has 1 N–H and O–H groups in total. The highest BCUT2D eigenvalue weighted by molar-refractivity contribution is 6.11. The summed E-state index contributed by atoms with van der Waals surface area (Å²) in [5.74, 6) is -0.495. The number of nitrogens with one attached hydrogen (secondary N) is 1. The number of aromatic nitrogens is 2. The maximum atomic E-state index is 12.9. The van der Waals surface area contributed by atoms with E-state index in [0.29, 0.717) is 28.6 Å². The van der Waals surface area contributed by atoms with Crippen LogP contribution >= 0.6 is 0 Å². The SMILES string of the molecule is CCCCCn1nc(C(=O)Nc2cccc(C(C)=O)c2)c2ccccc2c1=O. The van der Waals surface area contributed by atoms with E-state index < -0.39 is 5.91 Å². The molecule has 3 aromatic rings. The van der Waals surface area contributed by atoms with Crippen molar-refractivity contribution in [1.82, 2.24) is 9.78 Å². The zero-order valence-corrected chi connectivity index (χ0v) is 16.1. The topological polar surface area (TPSA) is 81.1 Å². The first-order chi connectivity index (χ1) is 13.5. The third kappa shape index (κ3) is 4.17. The Morgan fingerprint density at radius 3 is 2.50 bits per heavy atom. The molecule has 144 valence electrons. The molecule has 0 atom stereocenters. The van der Waals surface area contributed by atoms with Gasteiger partial charge in [-0.25, -0.2) is 4.68 Å². The lowest BCUT2D eigenvalue weighted by Crippen LogP contribution is -2.27. The lowest BCUT2D eigenvalue weighted by Gasteiger charge is -2.11. The minimum absolute atomic E-state index is 0.0795. The average Bonchev–Trinajstić information content (AvgIpc) is 2.70. The lowest BCUT2D eigenvalue weighted by atomic mass is 10.1. The van der Waals surface area contributed by atoms with Crippen LogP contribution in [0.15, 0.2) is 53.3 Å². The number of nitrogens with zero attached hydrogens (tertiary/aromatic N) is 2. The van der Waals surface area contributed by atoms with Crippen molar-refractivity contribution in [2.75, 3.05) is 5.32 Å². The van der Waals surface area contributed by atoms with Gasteiger partial charge >= 0.3 is 0 Å². The van der Waals surface area contributed by atoms with Gasteiger partial charge in [-0.1, -0.05) is 50.1 Å². The first-order valence-electron chi connectivity index (χ1n) is 9.43. The lowest BCUT2D eigenvalue weighted by molar-refractivity contribution is 0.100. The number of anilines is 1. The van der Waals surface area contributed by atoms with Gasteiger partial charge in [0.25, 0.3) is 11.5 Å². The fourth-order valence-corrected chi connectivity index (χ4v) is 3.07. The van der Waals surface area contributed by atoms with E-state index in [4.69, 9.17) is 0 Å². The quantitative estimate of drug-likeness (QED) is 0.498. The fourth-order valence-electron chi connectivity index (χ4n) is 3.07. The van der Waals surface area contributed by atoms with Crippen LogP contribution in [0.2, 0.25) is 0 Å². The van der Waals surface area contributed by atoms with Crippen LogP contribution in [0.3, 0.4) is 0 Å². The molecule has 0 spiro atoms. The van der Waals surface area contributed by atoms with E-state index in [1.54, 1.807) is 48.5 Å². The summed E-state index contributed by atoms with van der Waals surface area (Å²) in [6.45, 7) is 4.03. The molecule has 0 fully saturated rings. The van der Waals surface area contributed by atoms with Gasteiger partial charge in [0.2, 0.25) is 0 Å². The van der Waals surface area contributed by atoms with E-state index in [2.05, 4.69) is 17.3 Å². The number of carbonyl (C=O) groups excluding carboxylic acids is 2. The molecular weight excluding hydrogens is 354 g/mol. The summed E-state index contributed by atoms with van der Waals surface area (Å²) in [4.78, 5) is 37.2. The van der Waals surface area contributed by atoms with E-state index in [1.807, 2.05) is 0 Å². The van der Waals surface area contributed by atoms with Crippen molar-refractivity contribution < 1.29 is 9.59 Å². The second kappa shape index (κ2) is 8.61. The van der Waals surface area contributed by atoms with E-state index in [0.717, 1.165) is 19.3 Å². The highest BCUT2D eigenvalue weighted by Gasteiger charge is 2.17. The van der Waals surface area contributed by atoms with E-state index in [9.17, 15) is 14.4 Å². The number of fused-ring (bicyclic) bond motifs is 1. The molecule has 6 heteroatoms. The number of unbranched alkanes of at least 4 members (excludes halogenated alkanes) is 2. The molecule has 0 aliphatic rings. The largest absolute Gasteiger partial charge is 0.321 e. The Bertz CT molecular complexity index is 1090. The van der Waals surface area contributed by atoms with Crippen molar-refractivity contribution in [1.29, 1.82) is 0 Å². The summed E-state index contributed by atoms with van der Waals surface area (Å²) in [5.41, 5.74) is 1.02.